The van der Waals surface area contributed by atoms with E-state index in [9.17, 15) is 14.4 Å². The van der Waals surface area contributed by atoms with Crippen molar-refractivity contribution in [2.45, 2.75) is 13.0 Å². The summed E-state index contributed by atoms with van der Waals surface area (Å²) in [5.41, 5.74) is 0.377. The average Bonchev–Trinajstić information content (AvgIpc) is 2.69. The lowest BCUT2D eigenvalue weighted by molar-refractivity contribution is 0.0737. The Morgan fingerprint density at radius 3 is 2.38 bits per heavy atom. The van der Waals surface area contributed by atoms with Gasteiger partial charge in [0.1, 0.15) is 11.3 Å². The molecule has 0 radical (unpaired) electrons. The van der Waals surface area contributed by atoms with E-state index in [2.05, 4.69) is 9.97 Å². The van der Waals surface area contributed by atoms with Crippen molar-refractivity contribution in [1.82, 2.24) is 24.0 Å². The molecule has 1 amide bonds. The lowest BCUT2D eigenvalue weighted by atomic mass is 10.1. The highest BCUT2D eigenvalue weighted by atomic mass is 16.2. The zero-order valence-corrected chi connectivity index (χ0v) is 15.0. The maximum absolute atomic E-state index is 12.8. The molecule has 0 bridgehead atoms. The summed E-state index contributed by atoms with van der Waals surface area (Å²) >= 11 is 0. The van der Waals surface area contributed by atoms with Gasteiger partial charge in [0.25, 0.3) is 11.5 Å². The van der Waals surface area contributed by atoms with Gasteiger partial charge in [-0.25, -0.2) is 9.78 Å². The van der Waals surface area contributed by atoms with Crippen molar-refractivity contribution in [2.24, 2.45) is 14.1 Å². The summed E-state index contributed by atoms with van der Waals surface area (Å²) in [6.45, 7) is 1.90. The molecule has 1 atom stereocenters. The summed E-state index contributed by atoms with van der Waals surface area (Å²) in [7, 11) is 4.62. The first-order valence-electron chi connectivity index (χ1n) is 8.06. The van der Waals surface area contributed by atoms with Gasteiger partial charge in [-0.15, -0.1) is 0 Å². The maximum Gasteiger partial charge on any atom is 0.332 e. The van der Waals surface area contributed by atoms with Crippen LogP contribution >= 0.6 is 0 Å². The molecule has 3 rings (SSSR count). The van der Waals surface area contributed by atoms with Gasteiger partial charge >= 0.3 is 5.69 Å². The number of hydrogen-bond donors (Lipinski definition) is 0. The van der Waals surface area contributed by atoms with Crippen LogP contribution in [0, 0.1) is 0 Å². The highest BCUT2D eigenvalue weighted by Crippen LogP contribution is 2.20. The summed E-state index contributed by atoms with van der Waals surface area (Å²) in [5.74, 6) is -0.302. The van der Waals surface area contributed by atoms with E-state index in [1.54, 1.807) is 24.3 Å². The van der Waals surface area contributed by atoms with E-state index < -0.39 is 11.2 Å². The van der Waals surface area contributed by atoms with Gasteiger partial charge in [-0.3, -0.25) is 23.7 Å². The molecule has 8 heteroatoms. The molecule has 3 aromatic heterocycles. The van der Waals surface area contributed by atoms with Crippen LogP contribution in [-0.2, 0) is 14.1 Å². The van der Waals surface area contributed by atoms with Crippen LogP contribution in [0.2, 0.25) is 0 Å². The molecule has 0 N–H and O–H groups in total. The van der Waals surface area contributed by atoms with Crippen molar-refractivity contribution < 1.29 is 4.79 Å². The summed E-state index contributed by atoms with van der Waals surface area (Å²) in [6.07, 6.45) is 3.34. The van der Waals surface area contributed by atoms with E-state index in [4.69, 9.17) is 0 Å². The molecule has 0 aliphatic rings. The van der Waals surface area contributed by atoms with E-state index in [0.29, 0.717) is 0 Å². The van der Waals surface area contributed by atoms with E-state index in [-0.39, 0.29) is 28.7 Å². The van der Waals surface area contributed by atoms with Crippen LogP contribution in [0.15, 0.2) is 46.2 Å². The normalized spacial score (nSPS) is 12.2. The third-order valence-corrected chi connectivity index (χ3v) is 4.61. The summed E-state index contributed by atoms with van der Waals surface area (Å²) in [5, 5.41) is 0.288. The number of nitrogens with zero attached hydrogens (tertiary/aromatic N) is 5. The van der Waals surface area contributed by atoms with Crippen LogP contribution in [0.5, 0.6) is 0 Å². The smallest absolute Gasteiger partial charge is 0.332 e. The zero-order valence-electron chi connectivity index (χ0n) is 15.0. The van der Waals surface area contributed by atoms with E-state index in [1.807, 2.05) is 19.1 Å². The molecule has 0 aromatic carbocycles. The molecule has 3 aromatic rings. The average molecular weight is 353 g/mol. The minimum absolute atomic E-state index is 0.171. The van der Waals surface area contributed by atoms with Gasteiger partial charge in [0.2, 0.25) is 0 Å². The third kappa shape index (κ3) is 2.79. The Morgan fingerprint density at radius 1 is 1.08 bits per heavy atom. The second kappa shape index (κ2) is 6.55. The van der Waals surface area contributed by atoms with Gasteiger partial charge in [-0.05, 0) is 36.8 Å². The molecular formula is C18H19N5O3. The Balaban J connectivity index is 2.04. The topological polar surface area (TPSA) is 90.1 Å². The van der Waals surface area contributed by atoms with Crippen molar-refractivity contribution in [2.75, 3.05) is 7.05 Å². The Labute approximate surface area is 149 Å². The zero-order chi connectivity index (χ0) is 19.0. The quantitative estimate of drug-likeness (QED) is 0.697. The van der Waals surface area contributed by atoms with Crippen molar-refractivity contribution in [3.63, 3.8) is 0 Å². The molecule has 0 aliphatic carbocycles. The van der Waals surface area contributed by atoms with Crippen molar-refractivity contribution in [1.29, 1.82) is 0 Å². The first kappa shape index (κ1) is 17.5. The number of amides is 1. The fourth-order valence-electron chi connectivity index (χ4n) is 2.80. The minimum atomic E-state index is -0.488. The molecule has 1 unspecified atom stereocenters. The second-order valence-electron chi connectivity index (χ2n) is 6.15. The minimum Gasteiger partial charge on any atom is -0.334 e. The molecule has 3 heterocycles. The Kier molecular flexibility index (Phi) is 4.41. The van der Waals surface area contributed by atoms with Crippen LogP contribution in [0.1, 0.15) is 29.0 Å². The first-order valence-corrected chi connectivity index (χ1v) is 8.06. The van der Waals surface area contributed by atoms with Crippen molar-refractivity contribution in [3.05, 3.63) is 68.8 Å². The molecule has 134 valence electrons. The number of rotatable bonds is 3. The monoisotopic (exact) mass is 353 g/mol. The number of fused-ring (bicyclic) bond motifs is 1. The van der Waals surface area contributed by atoms with Gasteiger partial charge in [0.05, 0.1) is 11.4 Å². The standard InChI is InChI=1S/C18H19N5O3/c1-11(12-7-9-19-10-8-12)21(2)17(25)14-6-5-13-15(20-14)22(3)18(26)23(4)16(13)24/h5-11H,1-4H3. The molecule has 0 spiro atoms. The number of pyridine rings is 2. The van der Waals surface area contributed by atoms with Gasteiger partial charge < -0.3 is 4.90 Å². The number of hydrogen-bond acceptors (Lipinski definition) is 5. The van der Waals surface area contributed by atoms with Gasteiger partial charge in [-0.2, -0.15) is 0 Å². The predicted octanol–water partition coefficient (Wildman–Crippen LogP) is 0.860. The van der Waals surface area contributed by atoms with Crippen LogP contribution in [0.4, 0.5) is 0 Å². The summed E-state index contributed by atoms with van der Waals surface area (Å²) < 4.78 is 2.28. The highest BCUT2D eigenvalue weighted by molar-refractivity contribution is 5.94. The lowest BCUT2D eigenvalue weighted by Gasteiger charge is -2.25. The van der Waals surface area contributed by atoms with Crippen LogP contribution in [0.25, 0.3) is 11.0 Å². The van der Waals surface area contributed by atoms with Crippen molar-refractivity contribution >= 4 is 16.9 Å². The SMILES string of the molecule is CC(c1ccncc1)N(C)C(=O)c1ccc2c(=O)n(C)c(=O)n(C)c2n1. The molecule has 26 heavy (non-hydrogen) atoms. The predicted molar refractivity (Wildman–Crippen MR) is 97.0 cm³/mol. The van der Waals surface area contributed by atoms with Crippen LogP contribution < -0.4 is 11.2 Å². The van der Waals surface area contributed by atoms with Gasteiger partial charge in [0, 0.05) is 33.5 Å². The van der Waals surface area contributed by atoms with Gasteiger partial charge in [-0.1, -0.05) is 0 Å². The molecule has 8 nitrogen and oxygen atoms in total. The van der Waals surface area contributed by atoms with Crippen LogP contribution in [-0.4, -0.2) is 37.0 Å². The molecule has 0 saturated carbocycles. The molecule has 0 saturated heterocycles. The fraction of sp³-hybridized carbons (Fsp3) is 0.278. The van der Waals surface area contributed by atoms with E-state index >= 15 is 0 Å². The molecule has 0 aliphatic heterocycles. The summed E-state index contributed by atoms with van der Waals surface area (Å²) in [4.78, 5) is 47.0. The molecular weight excluding hydrogens is 334 g/mol. The second-order valence-corrected chi connectivity index (χ2v) is 6.15. The van der Waals surface area contributed by atoms with Crippen LogP contribution in [0.3, 0.4) is 0 Å². The molecule has 0 fully saturated rings. The maximum atomic E-state index is 12.8. The highest BCUT2D eigenvalue weighted by Gasteiger charge is 2.21. The fourth-order valence-corrected chi connectivity index (χ4v) is 2.80. The Morgan fingerprint density at radius 2 is 1.73 bits per heavy atom. The third-order valence-electron chi connectivity index (χ3n) is 4.61. The van der Waals surface area contributed by atoms with Gasteiger partial charge in [0.15, 0.2) is 0 Å². The number of aromatic nitrogens is 4. The summed E-state index contributed by atoms with van der Waals surface area (Å²) in [6, 6.07) is 6.54. The largest absolute Gasteiger partial charge is 0.334 e. The number of carbonyl (C=O) groups is 1. The van der Waals surface area contributed by atoms with E-state index in [0.717, 1.165) is 10.1 Å². The lowest BCUT2D eigenvalue weighted by Crippen LogP contribution is -2.37. The first-order chi connectivity index (χ1) is 12.3. The van der Waals surface area contributed by atoms with E-state index in [1.165, 1.54) is 30.8 Å². The number of aryl methyl sites for hydroxylation is 1. The Bertz CT molecular complexity index is 1100. The number of carbonyl (C=O) groups excluding carboxylic acids is 1. The Hall–Kier alpha value is -3.29. The van der Waals surface area contributed by atoms with Crippen molar-refractivity contribution in [3.8, 4) is 0 Å².